The van der Waals surface area contributed by atoms with Gasteiger partial charge >= 0.3 is 5.97 Å². The van der Waals surface area contributed by atoms with Crippen LogP contribution in [-0.2, 0) is 9.53 Å². The molecule has 1 heterocycles. The maximum atomic E-state index is 12.8. The number of nitrogens with zero attached hydrogens (tertiary/aromatic N) is 1. The third-order valence-corrected chi connectivity index (χ3v) is 5.88. The normalized spacial score (nSPS) is 13.8. The number of hydrogen-bond acceptors (Lipinski definition) is 4. The fourth-order valence-corrected chi connectivity index (χ4v) is 4.05. The van der Waals surface area contributed by atoms with E-state index in [4.69, 9.17) is 4.74 Å². The third kappa shape index (κ3) is 4.95. The van der Waals surface area contributed by atoms with Crippen LogP contribution >= 0.6 is 0 Å². The van der Waals surface area contributed by atoms with Crippen molar-refractivity contribution in [3.8, 4) is 0 Å². The predicted molar refractivity (Wildman–Crippen MR) is 129 cm³/mol. The van der Waals surface area contributed by atoms with Crippen LogP contribution in [0, 0.1) is 0 Å². The zero-order valence-electron chi connectivity index (χ0n) is 18.8. The van der Waals surface area contributed by atoms with E-state index in [0.29, 0.717) is 18.7 Å². The molecular formula is C27H26N2O4. The molecule has 1 saturated heterocycles. The summed E-state index contributed by atoms with van der Waals surface area (Å²) >= 11 is 0. The van der Waals surface area contributed by atoms with E-state index in [-0.39, 0.29) is 17.2 Å². The van der Waals surface area contributed by atoms with Crippen molar-refractivity contribution in [2.75, 3.05) is 25.5 Å². The zero-order chi connectivity index (χ0) is 23.4. The number of amides is 2. The lowest BCUT2D eigenvalue weighted by atomic mass is 10.0. The molecule has 0 saturated carbocycles. The molecule has 0 unspecified atom stereocenters. The first-order valence-electron chi connectivity index (χ1n) is 11.0. The second kappa shape index (κ2) is 9.69. The van der Waals surface area contributed by atoms with Crippen molar-refractivity contribution in [3.63, 3.8) is 0 Å². The minimum absolute atomic E-state index is 0.109. The highest BCUT2D eigenvalue weighted by Crippen LogP contribution is 2.24. The number of ether oxygens (including phenoxy) is 1. The van der Waals surface area contributed by atoms with Gasteiger partial charge in [-0.25, -0.2) is 4.79 Å². The van der Waals surface area contributed by atoms with Gasteiger partial charge in [0.25, 0.3) is 5.91 Å². The molecule has 2 amide bonds. The number of rotatable bonds is 5. The fourth-order valence-electron chi connectivity index (χ4n) is 4.05. The largest absolute Gasteiger partial charge is 0.465 e. The van der Waals surface area contributed by atoms with Crippen LogP contribution in [0.25, 0.3) is 16.3 Å². The molecule has 168 valence electrons. The number of allylic oxidation sites excluding steroid dienone is 1. The number of fused-ring (bicyclic) bond motifs is 1. The molecule has 6 nitrogen and oxygen atoms in total. The Morgan fingerprint density at radius 3 is 2.33 bits per heavy atom. The summed E-state index contributed by atoms with van der Waals surface area (Å²) in [6.07, 6.45) is 3.45. The molecule has 0 aromatic heterocycles. The Kier molecular flexibility index (Phi) is 6.54. The summed E-state index contributed by atoms with van der Waals surface area (Å²) in [6.45, 7) is 3.29. The Balaban J connectivity index is 1.59. The molecule has 1 N–H and O–H groups in total. The maximum absolute atomic E-state index is 12.8. The van der Waals surface area contributed by atoms with Gasteiger partial charge in [-0.2, -0.15) is 0 Å². The Morgan fingerprint density at radius 2 is 1.61 bits per heavy atom. The van der Waals surface area contributed by atoms with Crippen LogP contribution in [0.1, 0.15) is 46.0 Å². The number of carbonyl (C=O) groups excluding carboxylic acids is 3. The molecule has 3 aromatic rings. The summed E-state index contributed by atoms with van der Waals surface area (Å²) in [5.41, 5.74) is 2.58. The molecular weight excluding hydrogens is 416 g/mol. The highest BCUT2D eigenvalue weighted by atomic mass is 16.5. The van der Waals surface area contributed by atoms with Crippen LogP contribution in [-0.4, -0.2) is 42.9 Å². The molecule has 33 heavy (non-hydrogen) atoms. The summed E-state index contributed by atoms with van der Waals surface area (Å²) in [6, 6.07) is 18.7. The Labute approximate surface area is 192 Å². The van der Waals surface area contributed by atoms with Gasteiger partial charge < -0.3 is 15.0 Å². The van der Waals surface area contributed by atoms with E-state index in [1.165, 1.54) is 19.3 Å². The Bertz CT molecular complexity index is 1260. The highest BCUT2D eigenvalue weighted by Gasteiger charge is 2.22. The third-order valence-electron chi connectivity index (χ3n) is 5.88. The summed E-state index contributed by atoms with van der Waals surface area (Å²) in [5, 5.41) is 4.98. The van der Waals surface area contributed by atoms with Crippen molar-refractivity contribution in [2.45, 2.75) is 19.8 Å². The molecule has 1 fully saturated rings. The average Bonchev–Trinajstić information content (AvgIpc) is 3.37. The molecule has 0 spiro atoms. The standard InChI is InChI=1S/C27H26N2O4/c1-18(20-10-9-19-7-3-4-8-21(19)16-20)15-25(30)28-24-17-22(11-12-23(24)27(32)33-2)26(31)29-13-5-6-14-29/h3-4,7-12,15-17H,5-6,13-14H2,1-2H3,(H,28,30)/b18-15-. The van der Waals surface area contributed by atoms with Crippen LogP contribution in [0.5, 0.6) is 0 Å². The minimum atomic E-state index is -0.583. The quantitative estimate of drug-likeness (QED) is 0.450. The van der Waals surface area contributed by atoms with E-state index in [2.05, 4.69) is 5.32 Å². The topological polar surface area (TPSA) is 75.7 Å². The molecule has 3 aromatic carbocycles. The van der Waals surface area contributed by atoms with Crippen LogP contribution in [0.3, 0.4) is 0 Å². The van der Waals surface area contributed by atoms with Gasteiger partial charge in [0.05, 0.1) is 18.4 Å². The van der Waals surface area contributed by atoms with Crippen molar-refractivity contribution in [1.82, 2.24) is 4.90 Å². The molecule has 0 atom stereocenters. The molecule has 6 heteroatoms. The molecule has 0 bridgehead atoms. The van der Waals surface area contributed by atoms with E-state index in [1.54, 1.807) is 17.0 Å². The highest BCUT2D eigenvalue weighted by molar-refractivity contribution is 6.09. The summed E-state index contributed by atoms with van der Waals surface area (Å²) < 4.78 is 4.85. The molecule has 0 radical (unpaired) electrons. The SMILES string of the molecule is COC(=O)c1ccc(C(=O)N2CCCC2)cc1NC(=O)/C=C(/C)c1ccc2ccccc2c1. The zero-order valence-corrected chi connectivity index (χ0v) is 18.8. The van der Waals surface area contributed by atoms with E-state index in [1.807, 2.05) is 49.4 Å². The number of nitrogens with one attached hydrogen (secondary N) is 1. The number of benzene rings is 3. The Morgan fingerprint density at radius 1 is 0.909 bits per heavy atom. The van der Waals surface area contributed by atoms with Gasteiger partial charge in [-0.3, -0.25) is 9.59 Å². The van der Waals surface area contributed by atoms with Crippen LogP contribution in [0.4, 0.5) is 5.69 Å². The number of esters is 1. The lowest BCUT2D eigenvalue weighted by molar-refractivity contribution is -0.111. The van der Waals surface area contributed by atoms with E-state index in [9.17, 15) is 14.4 Å². The number of hydrogen-bond donors (Lipinski definition) is 1. The van der Waals surface area contributed by atoms with Crippen molar-refractivity contribution in [2.24, 2.45) is 0 Å². The van der Waals surface area contributed by atoms with Crippen molar-refractivity contribution in [1.29, 1.82) is 0 Å². The van der Waals surface area contributed by atoms with Gasteiger partial charge in [-0.05, 0) is 65.9 Å². The first-order valence-corrected chi connectivity index (χ1v) is 11.0. The number of carbonyl (C=O) groups is 3. The lowest BCUT2D eigenvalue weighted by Gasteiger charge is -2.17. The van der Waals surface area contributed by atoms with Crippen LogP contribution in [0.15, 0.2) is 66.7 Å². The van der Waals surface area contributed by atoms with Gasteiger partial charge in [0.1, 0.15) is 0 Å². The first-order chi connectivity index (χ1) is 16.0. The van der Waals surface area contributed by atoms with Crippen molar-refractivity contribution >= 4 is 39.8 Å². The van der Waals surface area contributed by atoms with Crippen molar-refractivity contribution in [3.05, 3.63) is 83.4 Å². The summed E-state index contributed by atoms with van der Waals surface area (Å²) in [4.78, 5) is 39.6. The second-order valence-corrected chi connectivity index (χ2v) is 8.13. The fraction of sp³-hybridized carbons (Fsp3) is 0.222. The number of anilines is 1. The van der Waals surface area contributed by atoms with Gasteiger partial charge in [0, 0.05) is 24.7 Å². The monoisotopic (exact) mass is 442 g/mol. The van der Waals surface area contributed by atoms with E-state index < -0.39 is 11.9 Å². The minimum Gasteiger partial charge on any atom is -0.465 e. The second-order valence-electron chi connectivity index (χ2n) is 8.13. The predicted octanol–water partition coefficient (Wildman–Crippen LogP) is 4.90. The number of methoxy groups -OCH3 is 1. The van der Waals surface area contributed by atoms with Crippen molar-refractivity contribution < 1.29 is 19.1 Å². The molecule has 0 aliphatic carbocycles. The smallest absolute Gasteiger partial charge is 0.339 e. The van der Waals surface area contributed by atoms with Crippen LogP contribution < -0.4 is 5.32 Å². The molecule has 4 rings (SSSR count). The van der Waals surface area contributed by atoms with Gasteiger partial charge in [0.2, 0.25) is 5.91 Å². The average molecular weight is 443 g/mol. The first kappa shape index (κ1) is 22.3. The Hall–Kier alpha value is -3.93. The lowest BCUT2D eigenvalue weighted by Crippen LogP contribution is -2.27. The molecule has 1 aliphatic rings. The van der Waals surface area contributed by atoms with E-state index in [0.717, 1.165) is 34.8 Å². The van der Waals surface area contributed by atoms with Gasteiger partial charge in [-0.15, -0.1) is 0 Å². The number of likely N-dealkylation sites (tertiary alicyclic amines) is 1. The van der Waals surface area contributed by atoms with Gasteiger partial charge in [-0.1, -0.05) is 36.4 Å². The van der Waals surface area contributed by atoms with E-state index >= 15 is 0 Å². The molecule has 1 aliphatic heterocycles. The van der Waals surface area contributed by atoms with Crippen LogP contribution in [0.2, 0.25) is 0 Å². The summed E-state index contributed by atoms with van der Waals surface area (Å²) in [5.74, 6) is -1.08. The van der Waals surface area contributed by atoms with Gasteiger partial charge in [0.15, 0.2) is 0 Å². The summed E-state index contributed by atoms with van der Waals surface area (Å²) in [7, 11) is 1.28. The maximum Gasteiger partial charge on any atom is 0.339 e.